The molecule has 1 N–H and O–H groups in total. The third-order valence-corrected chi connectivity index (χ3v) is 4.32. The minimum Gasteiger partial charge on any atom is -0.460 e. The minimum absolute atomic E-state index is 0.123. The van der Waals surface area contributed by atoms with Gasteiger partial charge in [-0.1, -0.05) is 54.7 Å². The maximum Gasteiger partial charge on any atom is 0.331 e. The number of aliphatic hydroxyl groups excluding tert-OH is 1. The van der Waals surface area contributed by atoms with Crippen molar-refractivity contribution in [1.29, 1.82) is 0 Å². The predicted octanol–water partition coefficient (Wildman–Crippen LogP) is 5.15. The molecular weight excluding hydrogens is 352 g/mol. The Kier molecular flexibility index (Phi) is 13.5. The molecule has 0 spiro atoms. The molecule has 0 radical (unpaired) electrons. The van der Waals surface area contributed by atoms with Crippen LogP contribution in [0.25, 0.3) is 0 Å². The van der Waals surface area contributed by atoms with Crippen LogP contribution in [-0.4, -0.2) is 29.1 Å². The van der Waals surface area contributed by atoms with Crippen LogP contribution in [0.1, 0.15) is 64.7 Å². The monoisotopic (exact) mass is 386 g/mol. The Bertz CT molecular complexity index is 596. The molecule has 28 heavy (non-hydrogen) atoms. The molecule has 0 unspecified atom stereocenters. The van der Waals surface area contributed by atoms with E-state index in [2.05, 4.69) is 12.2 Å². The summed E-state index contributed by atoms with van der Waals surface area (Å²) < 4.78 is 5.33. The summed E-state index contributed by atoms with van der Waals surface area (Å²) in [5.74, 6) is -0.0508. The molecule has 0 amide bonds. The number of esters is 1. The molecule has 0 saturated carbocycles. The number of hydrogen-bond donors (Lipinski definition) is 1. The zero-order valence-electron chi connectivity index (χ0n) is 17.0. The summed E-state index contributed by atoms with van der Waals surface area (Å²) in [6.07, 6.45) is 24.4. The molecule has 0 aromatic carbocycles. The maximum absolute atomic E-state index is 11.8. The number of ketones is 1. The van der Waals surface area contributed by atoms with E-state index in [1.807, 2.05) is 31.2 Å². The molecule has 1 aliphatic rings. The third-order valence-electron chi connectivity index (χ3n) is 4.32. The first-order valence-corrected chi connectivity index (χ1v) is 10.3. The minimum atomic E-state index is -0.568. The first kappa shape index (κ1) is 23.8. The number of ether oxygens (including phenoxy) is 1. The van der Waals surface area contributed by atoms with E-state index in [-0.39, 0.29) is 12.1 Å². The molecule has 0 fully saturated rings. The van der Waals surface area contributed by atoms with Crippen LogP contribution >= 0.6 is 0 Å². The molecular formula is C24H34O4. The standard InChI is InChI=1S/C24H34O4/c1-21-15-9-4-2-5-10-16-22(25)17-11-6-3-7-12-18-23(26)19-13-8-14-20-24(27)28-21/h2-3,5,7-8,12-14,18,20-21,23,26H,4,6,9-11,15-17,19H2,1H3/b5-2+,7-3-,13-8+,18-12+,20-14-/t21-,23-/m1/s1. The van der Waals surface area contributed by atoms with Crippen LogP contribution in [0.5, 0.6) is 0 Å². The van der Waals surface area contributed by atoms with E-state index < -0.39 is 6.10 Å². The summed E-state index contributed by atoms with van der Waals surface area (Å²) in [5, 5.41) is 9.86. The van der Waals surface area contributed by atoms with Crippen molar-refractivity contribution < 1.29 is 19.4 Å². The van der Waals surface area contributed by atoms with E-state index in [0.717, 1.165) is 38.5 Å². The van der Waals surface area contributed by atoms with Crippen molar-refractivity contribution in [2.24, 2.45) is 0 Å². The molecule has 1 heterocycles. The van der Waals surface area contributed by atoms with Crippen LogP contribution in [0.15, 0.2) is 60.8 Å². The van der Waals surface area contributed by atoms with Crippen LogP contribution < -0.4 is 0 Å². The van der Waals surface area contributed by atoms with E-state index in [4.69, 9.17) is 4.74 Å². The average Bonchev–Trinajstić information content (AvgIpc) is 2.65. The summed E-state index contributed by atoms with van der Waals surface area (Å²) in [6.45, 7) is 1.89. The highest BCUT2D eigenvalue weighted by atomic mass is 16.5. The fraction of sp³-hybridized carbons (Fsp3) is 0.500. The Labute approximate surface area is 169 Å². The van der Waals surface area contributed by atoms with Crippen LogP contribution in [0.2, 0.25) is 0 Å². The van der Waals surface area contributed by atoms with Gasteiger partial charge in [-0.3, -0.25) is 4.79 Å². The lowest BCUT2D eigenvalue weighted by atomic mass is 10.1. The van der Waals surface area contributed by atoms with Crippen LogP contribution in [-0.2, 0) is 14.3 Å². The Hall–Kier alpha value is -2.20. The Morgan fingerprint density at radius 2 is 1.64 bits per heavy atom. The van der Waals surface area contributed by atoms with Gasteiger partial charge in [0.2, 0.25) is 0 Å². The molecule has 1 aliphatic heterocycles. The first-order valence-electron chi connectivity index (χ1n) is 10.3. The van der Waals surface area contributed by atoms with Crippen LogP contribution in [0.3, 0.4) is 0 Å². The second kappa shape index (κ2) is 15.8. The summed E-state index contributed by atoms with van der Waals surface area (Å²) in [4.78, 5) is 23.6. The molecule has 4 heteroatoms. The molecule has 1 rings (SSSR count). The quantitative estimate of drug-likeness (QED) is 0.462. The Balaban J connectivity index is 2.55. The fourth-order valence-corrected chi connectivity index (χ4v) is 2.72. The van der Waals surface area contributed by atoms with Gasteiger partial charge in [-0.05, 0) is 51.9 Å². The molecule has 0 bridgehead atoms. The molecule has 0 aromatic rings. The van der Waals surface area contributed by atoms with Crippen molar-refractivity contribution in [2.45, 2.75) is 76.9 Å². The highest BCUT2D eigenvalue weighted by molar-refractivity contribution is 5.82. The lowest BCUT2D eigenvalue weighted by molar-refractivity contribution is -0.142. The zero-order chi connectivity index (χ0) is 20.5. The number of Topliss-reactive ketones (excluding diaryl/α,β-unsaturated/α-hetero) is 1. The van der Waals surface area contributed by atoms with Gasteiger partial charge in [0.05, 0.1) is 12.2 Å². The highest BCUT2D eigenvalue weighted by Crippen LogP contribution is 2.08. The lowest BCUT2D eigenvalue weighted by Crippen LogP contribution is -2.12. The molecule has 154 valence electrons. The van der Waals surface area contributed by atoms with Gasteiger partial charge in [-0.2, -0.15) is 0 Å². The Morgan fingerprint density at radius 3 is 2.50 bits per heavy atom. The normalized spacial score (nSPS) is 30.4. The number of carbonyl (C=O) groups is 2. The van der Waals surface area contributed by atoms with Gasteiger partial charge in [0, 0.05) is 18.9 Å². The average molecular weight is 387 g/mol. The molecule has 4 nitrogen and oxygen atoms in total. The predicted molar refractivity (Wildman–Crippen MR) is 114 cm³/mol. The smallest absolute Gasteiger partial charge is 0.331 e. The number of hydrogen-bond acceptors (Lipinski definition) is 4. The SMILES string of the molecule is C[C@@H]1CCC/C=C/CCC(=O)CCC/C=C\C=C\[C@@H](O)C/C=C/C=C\C(=O)O1. The van der Waals surface area contributed by atoms with Crippen molar-refractivity contribution >= 4 is 11.8 Å². The summed E-state index contributed by atoms with van der Waals surface area (Å²) in [6, 6.07) is 0. The van der Waals surface area contributed by atoms with Crippen molar-refractivity contribution in [3.63, 3.8) is 0 Å². The van der Waals surface area contributed by atoms with Crippen molar-refractivity contribution in [3.05, 3.63) is 60.8 Å². The Morgan fingerprint density at radius 1 is 0.893 bits per heavy atom. The zero-order valence-corrected chi connectivity index (χ0v) is 17.0. The third kappa shape index (κ3) is 13.9. The van der Waals surface area contributed by atoms with Gasteiger partial charge in [0.15, 0.2) is 0 Å². The van der Waals surface area contributed by atoms with Gasteiger partial charge in [-0.25, -0.2) is 4.79 Å². The highest BCUT2D eigenvalue weighted by Gasteiger charge is 2.05. The second-order valence-corrected chi connectivity index (χ2v) is 7.02. The molecule has 0 aromatic heterocycles. The van der Waals surface area contributed by atoms with E-state index in [0.29, 0.717) is 25.0 Å². The number of allylic oxidation sites excluding steroid dienone is 7. The molecule has 0 aliphatic carbocycles. The van der Waals surface area contributed by atoms with Crippen LogP contribution in [0, 0.1) is 0 Å². The number of carbonyl (C=O) groups excluding carboxylic acids is 2. The van der Waals surface area contributed by atoms with E-state index in [1.165, 1.54) is 6.08 Å². The number of cyclic esters (lactones) is 1. The van der Waals surface area contributed by atoms with E-state index >= 15 is 0 Å². The number of rotatable bonds is 0. The number of aliphatic hydroxyl groups is 1. The van der Waals surface area contributed by atoms with E-state index in [1.54, 1.807) is 18.2 Å². The molecule has 0 saturated heterocycles. The van der Waals surface area contributed by atoms with Crippen molar-refractivity contribution in [3.8, 4) is 0 Å². The maximum atomic E-state index is 11.8. The van der Waals surface area contributed by atoms with Gasteiger partial charge in [0.25, 0.3) is 0 Å². The summed E-state index contributed by atoms with van der Waals surface area (Å²) in [7, 11) is 0. The first-order chi connectivity index (χ1) is 13.6. The van der Waals surface area contributed by atoms with Crippen molar-refractivity contribution in [2.75, 3.05) is 0 Å². The largest absolute Gasteiger partial charge is 0.460 e. The van der Waals surface area contributed by atoms with Gasteiger partial charge >= 0.3 is 5.97 Å². The van der Waals surface area contributed by atoms with Crippen LogP contribution in [0.4, 0.5) is 0 Å². The fourth-order valence-electron chi connectivity index (χ4n) is 2.72. The molecule has 2 atom stereocenters. The summed E-state index contributed by atoms with van der Waals surface area (Å²) in [5.41, 5.74) is 0. The topological polar surface area (TPSA) is 63.6 Å². The van der Waals surface area contributed by atoms with Gasteiger partial charge in [0.1, 0.15) is 5.78 Å². The van der Waals surface area contributed by atoms with Crippen molar-refractivity contribution in [1.82, 2.24) is 0 Å². The lowest BCUT2D eigenvalue weighted by Gasteiger charge is -2.10. The van der Waals surface area contributed by atoms with Gasteiger partial charge in [-0.15, -0.1) is 0 Å². The second-order valence-electron chi connectivity index (χ2n) is 7.02. The van der Waals surface area contributed by atoms with Gasteiger partial charge < -0.3 is 9.84 Å². The van der Waals surface area contributed by atoms with E-state index in [9.17, 15) is 14.7 Å². The summed E-state index contributed by atoms with van der Waals surface area (Å²) >= 11 is 0.